The predicted molar refractivity (Wildman–Crippen MR) is 80.4 cm³/mol. The normalized spacial score (nSPS) is 12.5. The summed E-state index contributed by atoms with van der Waals surface area (Å²) >= 11 is 0. The molecule has 0 aliphatic rings. The van der Waals surface area contributed by atoms with E-state index in [2.05, 4.69) is 5.32 Å². The van der Waals surface area contributed by atoms with Crippen molar-refractivity contribution in [3.8, 4) is 0 Å². The summed E-state index contributed by atoms with van der Waals surface area (Å²) in [6, 6.07) is 4.13. The zero-order valence-corrected chi connectivity index (χ0v) is 13.7. The first-order chi connectivity index (χ1) is 10.8. The van der Waals surface area contributed by atoms with Crippen LogP contribution in [-0.4, -0.2) is 39.5 Å². The van der Waals surface area contributed by atoms with Crippen LogP contribution in [-0.2, 0) is 24.3 Å². The number of ether oxygens (including phenoxy) is 1. The number of nitrogens with one attached hydrogen (secondary N) is 2. The van der Waals surface area contributed by atoms with Gasteiger partial charge < -0.3 is 10.1 Å². The highest BCUT2D eigenvalue weighted by atomic mass is 32.2. The summed E-state index contributed by atoms with van der Waals surface area (Å²) < 4.78 is 43.4. The Morgan fingerprint density at radius 2 is 1.87 bits per heavy atom. The summed E-state index contributed by atoms with van der Waals surface area (Å²) in [5.74, 6) is -1.92. The van der Waals surface area contributed by atoms with Crippen LogP contribution in [0.25, 0.3) is 0 Å². The molecule has 9 heteroatoms. The van der Waals surface area contributed by atoms with E-state index in [0.29, 0.717) is 6.54 Å². The van der Waals surface area contributed by atoms with Gasteiger partial charge in [0.25, 0.3) is 5.91 Å². The first kappa shape index (κ1) is 19.0. The van der Waals surface area contributed by atoms with Gasteiger partial charge in [0.05, 0.1) is 4.90 Å². The van der Waals surface area contributed by atoms with Gasteiger partial charge in [-0.1, -0.05) is 6.92 Å². The van der Waals surface area contributed by atoms with E-state index in [-0.39, 0.29) is 4.90 Å². The Morgan fingerprint density at radius 3 is 2.43 bits per heavy atom. The number of hydrogen-bond acceptors (Lipinski definition) is 5. The lowest BCUT2D eigenvalue weighted by atomic mass is 10.3. The monoisotopic (exact) mass is 346 g/mol. The molecular weight excluding hydrogens is 327 g/mol. The van der Waals surface area contributed by atoms with E-state index < -0.39 is 40.4 Å². The molecule has 0 bridgehead atoms. The molecule has 0 unspecified atom stereocenters. The van der Waals surface area contributed by atoms with Gasteiger partial charge in [-0.2, -0.15) is 4.72 Å². The van der Waals surface area contributed by atoms with Crippen molar-refractivity contribution in [2.24, 2.45) is 0 Å². The minimum atomic E-state index is -3.96. The molecule has 2 N–H and O–H groups in total. The molecule has 0 saturated carbocycles. The summed E-state index contributed by atoms with van der Waals surface area (Å²) in [7, 11) is -3.96. The number of rotatable bonds is 8. The number of carbonyl (C=O) groups is 2. The number of sulfonamides is 1. The van der Waals surface area contributed by atoms with Crippen molar-refractivity contribution in [1.82, 2.24) is 10.0 Å². The minimum absolute atomic E-state index is 0.180. The molecule has 0 aliphatic carbocycles. The molecule has 7 nitrogen and oxygen atoms in total. The van der Waals surface area contributed by atoms with Crippen LogP contribution in [0.2, 0.25) is 0 Å². The van der Waals surface area contributed by atoms with Gasteiger partial charge >= 0.3 is 5.97 Å². The van der Waals surface area contributed by atoms with Crippen LogP contribution in [0.1, 0.15) is 20.3 Å². The highest BCUT2D eigenvalue weighted by Gasteiger charge is 2.20. The minimum Gasteiger partial charge on any atom is -0.452 e. The molecule has 0 aromatic heterocycles. The Kier molecular flexibility index (Phi) is 7.11. The molecule has 1 rings (SSSR count). The maximum Gasteiger partial charge on any atom is 0.321 e. The second-order valence-corrected chi connectivity index (χ2v) is 6.47. The van der Waals surface area contributed by atoms with Crippen molar-refractivity contribution >= 4 is 21.9 Å². The molecule has 0 spiro atoms. The predicted octanol–water partition coefficient (Wildman–Crippen LogP) is 0.562. The lowest BCUT2D eigenvalue weighted by molar-refractivity contribution is -0.153. The third kappa shape index (κ3) is 6.33. The van der Waals surface area contributed by atoms with E-state index in [1.807, 2.05) is 11.6 Å². The molecule has 1 aromatic rings. The fourth-order valence-electron chi connectivity index (χ4n) is 1.54. The summed E-state index contributed by atoms with van der Waals surface area (Å²) in [5.41, 5.74) is 0. The van der Waals surface area contributed by atoms with E-state index in [1.165, 1.54) is 6.92 Å². The number of hydrogen-bond donors (Lipinski definition) is 2. The Labute approximate surface area is 134 Å². The SMILES string of the molecule is CCCNC(=O)[C@H](C)OC(=O)CNS(=O)(=O)c1ccc(F)cc1. The van der Waals surface area contributed by atoms with E-state index in [9.17, 15) is 22.4 Å². The van der Waals surface area contributed by atoms with Crippen molar-refractivity contribution in [3.63, 3.8) is 0 Å². The molecular formula is C14H19FN2O5S. The summed E-state index contributed by atoms with van der Waals surface area (Å²) in [4.78, 5) is 22.9. The fourth-order valence-corrected chi connectivity index (χ4v) is 2.50. The molecule has 1 amide bonds. The number of amides is 1. The topological polar surface area (TPSA) is 102 Å². The number of benzene rings is 1. The van der Waals surface area contributed by atoms with Crippen LogP contribution in [0.5, 0.6) is 0 Å². The number of carbonyl (C=O) groups excluding carboxylic acids is 2. The average Bonchev–Trinajstić information content (AvgIpc) is 2.51. The highest BCUT2D eigenvalue weighted by Crippen LogP contribution is 2.09. The van der Waals surface area contributed by atoms with Gasteiger partial charge in [0.1, 0.15) is 12.4 Å². The van der Waals surface area contributed by atoms with E-state index in [1.54, 1.807) is 0 Å². The molecule has 0 heterocycles. The van der Waals surface area contributed by atoms with Crippen LogP contribution in [0.3, 0.4) is 0 Å². The molecule has 128 valence electrons. The van der Waals surface area contributed by atoms with Gasteiger partial charge in [-0.25, -0.2) is 12.8 Å². The quantitative estimate of drug-likeness (QED) is 0.670. The Hall–Kier alpha value is -2.00. The third-order valence-corrected chi connectivity index (χ3v) is 4.17. The second kappa shape index (κ2) is 8.59. The Bertz CT molecular complexity index is 646. The standard InChI is InChI=1S/C14H19FN2O5S/c1-3-8-16-14(19)10(2)22-13(18)9-17-23(20,21)12-6-4-11(15)5-7-12/h4-7,10,17H,3,8-9H2,1-2H3,(H,16,19)/t10-/m0/s1. The maximum absolute atomic E-state index is 12.8. The van der Waals surface area contributed by atoms with Crippen molar-refractivity contribution in [1.29, 1.82) is 0 Å². The maximum atomic E-state index is 12.8. The molecule has 0 fully saturated rings. The summed E-state index contributed by atoms with van der Waals surface area (Å²) in [6.07, 6.45) is -0.284. The van der Waals surface area contributed by atoms with Crippen LogP contribution in [0, 0.1) is 5.82 Å². The fraction of sp³-hybridized carbons (Fsp3) is 0.429. The van der Waals surface area contributed by atoms with Gasteiger partial charge in [0.2, 0.25) is 10.0 Å². The van der Waals surface area contributed by atoms with Crippen LogP contribution in [0.4, 0.5) is 4.39 Å². The zero-order valence-electron chi connectivity index (χ0n) is 12.8. The highest BCUT2D eigenvalue weighted by molar-refractivity contribution is 7.89. The first-order valence-corrected chi connectivity index (χ1v) is 8.47. The molecule has 0 saturated heterocycles. The van der Waals surface area contributed by atoms with E-state index in [0.717, 1.165) is 30.7 Å². The molecule has 1 atom stereocenters. The van der Waals surface area contributed by atoms with Crippen LogP contribution in [0.15, 0.2) is 29.2 Å². The second-order valence-electron chi connectivity index (χ2n) is 4.70. The van der Waals surface area contributed by atoms with Gasteiger partial charge in [0.15, 0.2) is 6.10 Å². The van der Waals surface area contributed by atoms with Crippen molar-refractivity contribution in [3.05, 3.63) is 30.1 Å². The zero-order chi connectivity index (χ0) is 17.5. The van der Waals surface area contributed by atoms with Crippen molar-refractivity contribution in [2.75, 3.05) is 13.1 Å². The smallest absolute Gasteiger partial charge is 0.321 e. The van der Waals surface area contributed by atoms with E-state index >= 15 is 0 Å². The van der Waals surface area contributed by atoms with E-state index in [4.69, 9.17) is 4.74 Å². The van der Waals surface area contributed by atoms with Crippen LogP contribution >= 0.6 is 0 Å². The molecule has 23 heavy (non-hydrogen) atoms. The van der Waals surface area contributed by atoms with Gasteiger partial charge in [-0.3, -0.25) is 9.59 Å². The molecule has 0 aliphatic heterocycles. The number of esters is 1. The van der Waals surface area contributed by atoms with Crippen LogP contribution < -0.4 is 10.0 Å². The average molecular weight is 346 g/mol. The largest absolute Gasteiger partial charge is 0.452 e. The van der Waals surface area contributed by atoms with Gasteiger partial charge in [-0.05, 0) is 37.6 Å². The van der Waals surface area contributed by atoms with Crippen molar-refractivity contribution < 1.29 is 27.1 Å². The summed E-state index contributed by atoms with van der Waals surface area (Å²) in [5, 5.41) is 2.55. The van der Waals surface area contributed by atoms with Gasteiger partial charge in [0, 0.05) is 6.54 Å². The third-order valence-electron chi connectivity index (χ3n) is 2.76. The number of halogens is 1. The van der Waals surface area contributed by atoms with Crippen molar-refractivity contribution in [2.45, 2.75) is 31.3 Å². The molecule has 0 radical (unpaired) electrons. The van der Waals surface area contributed by atoms with Gasteiger partial charge in [-0.15, -0.1) is 0 Å². The summed E-state index contributed by atoms with van der Waals surface area (Å²) in [6.45, 7) is 3.08. The Morgan fingerprint density at radius 1 is 1.26 bits per heavy atom. The lowest BCUT2D eigenvalue weighted by Crippen LogP contribution is -2.39. The molecule has 1 aromatic carbocycles. The lowest BCUT2D eigenvalue weighted by Gasteiger charge is -2.13. The first-order valence-electron chi connectivity index (χ1n) is 6.98. The Balaban J connectivity index is 2.52.